The molecule has 0 saturated heterocycles. The summed E-state index contributed by atoms with van der Waals surface area (Å²) in [4.78, 5) is 24.7. The van der Waals surface area contributed by atoms with Gasteiger partial charge in [-0.15, -0.1) is 5.10 Å². The number of alkyl halides is 3. The van der Waals surface area contributed by atoms with E-state index in [4.69, 9.17) is 4.74 Å². The van der Waals surface area contributed by atoms with Gasteiger partial charge >= 0.3 is 6.18 Å². The minimum absolute atomic E-state index is 0.0617. The van der Waals surface area contributed by atoms with Crippen LogP contribution in [0.2, 0.25) is 0 Å². The average molecular weight is 473 g/mol. The number of ether oxygens (including phenoxy) is 1. The van der Waals surface area contributed by atoms with Gasteiger partial charge in [0.1, 0.15) is 18.1 Å². The molecule has 1 aromatic heterocycles. The second kappa shape index (κ2) is 9.54. The number of carbonyl (C=O) groups excluding carboxylic acids is 2. The first-order chi connectivity index (χ1) is 16.3. The smallest absolute Gasteiger partial charge is 0.416 e. The zero-order valence-corrected chi connectivity index (χ0v) is 18.2. The molecule has 4 rings (SSSR count). The van der Waals surface area contributed by atoms with E-state index in [-0.39, 0.29) is 30.0 Å². The van der Waals surface area contributed by atoms with Crippen LogP contribution in [0, 0.1) is 0 Å². The van der Waals surface area contributed by atoms with Crippen LogP contribution in [0.25, 0.3) is 5.69 Å². The van der Waals surface area contributed by atoms with Gasteiger partial charge in [0.15, 0.2) is 5.69 Å². The van der Waals surface area contributed by atoms with Crippen molar-refractivity contribution in [3.63, 3.8) is 0 Å². The Morgan fingerprint density at radius 1 is 1.06 bits per heavy atom. The molecule has 1 saturated carbocycles. The third kappa shape index (κ3) is 5.36. The van der Waals surface area contributed by atoms with E-state index in [1.165, 1.54) is 16.8 Å². The van der Waals surface area contributed by atoms with E-state index in [0.29, 0.717) is 23.5 Å². The van der Waals surface area contributed by atoms with Crippen molar-refractivity contribution in [3.8, 4) is 11.4 Å². The number of rotatable bonds is 8. The van der Waals surface area contributed by atoms with E-state index in [1.807, 2.05) is 6.92 Å². The number of halogens is 3. The molecule has 1 fully saturated rings. The maximum Gasteiger partial charge on any atom is 0.416 e. The van der Waals surface area contributed by atoms with Gasteiger partial charge in [-0.1, -0.05) is 5.21 Å². The van der Waals surface area contributed by atoms with E-state index < -0.39 is 17.6 Å². The fraction of sp³-hybridized carbons (Fsp3) is 0.304. The van der Waals surface area contributed by atoms with E-state index in [9.17, 15) is 22.8 Å². The quantitative estimate of drug-likeness (QED) is 0.522. The normalized spacial score (nSPS) is 13.4. The molecule has 2 aromatic carbocycles. The van der Waals surface area contributed by atoms with Gasteiger partial charge in [-0.2, -0.15) is 13.2 Å². The molecule has 1 heterocycles. The fourth-order valence-corrected chi connectivity index (χ4v) is 3.20. The molecule has 0 aliphatic heterocycles. The summed E-state index contributed by atoms with van der Waals surface area (Å²) in [5.74, 6) is -0.428. The number of hydrogen-bond acceptors (Lipinski definition) is 5. The van der Waals surface area contributed by atoms with Crippen molar-refractivity contribution in [1.29, 1.82) is 0 Å². The Bertz CT molecular complexity index is 1170. The highest BCUT2D eigenvalue weighted by atomic mass is 19.4. The van der Waals surface area contributed by atoms with Crippen LogP contribution in [0.3, 0.4) is 0 Å². The van der Waals surface area contributed by atoms with Crippen molar-refractivity contribution in [2.45, 2.75) is 38.6 Å². The molecule has 0 unspecified atom stereocenters. The fourth-order valence-electron chi connectivity index (χ4n) is 3.20. The van der Waals surface area contributed by atoms with Gasteiger partial charge in [0.05, 0.1) is 11.3 Å². The van der Waals surface area contributed by atoms with E-state index in [2.05, 4.69) is 20.9 Å². The summed E-state index contributed by atoms with van der Waals surface area (Å²) in [7, 11) is 0. The Hall–Kier alpha value is -3.89. The minimum atomic E-state index is -4.45. The number of aromatic nitrogens is 3. The van der Waals surface area contributed by atoms with Gasteiger partial charge in [-0.25, -0.2) is 4.68 Å². The number of benzene rings is 2. The predicted octanol–water partition coefficient (Wildman–Crippen LogP) is 3.51. The monoisotopic (exact) mass is 473 g/mol. The van der Waals surface area contributed by atoms with E-state index in [0.717, 1.165) is 25.0 Å². The van der Waals surface area contributed by atoms with Crippen LogP contribution in [0.4, 0.5) is 13.2 Å². The molecule has 3 aromatic rings. The molecule has 1 aliphatic carbocycles. The Balaban J connectivity index is 1.59. The first-order valence-electron chi connectivity index (χ1n) is 10.7. The Labute approximate surface area is 193 Å². The number of nitrogens with zero attached hydrogens (tertiary/aromatic N) is 3. The topological polar surface area (TPSA) is 98.1 Å². The molecule has 0 spiro atoms. The molecule has 0 radical (unpaired) electrons. The molecular weight excluding hydrogens is 451 g/mol. The summed E-state index contributed by atoms with van der Waals surface area (Å²) < 4.78 is 45.5. The molecule has 2 amide bonds. The number of hydrogen-bond donors (Lipinski definition) is 2. The van der Waals surface area contributed by atoms with E-state index >= 15 is 0 Å². The summed E-state index contributed by atoms with van der Waals surface area (Å²) >= 11 is 0. The largest absolute Gasteiger partial charge is 0.487 e. The van der Waals surface area contributed by atoms with Gasteiger partial charge in [0.2, 0.25) is 0 Å². The molecule has 0 bridgehead atoms. The van der Waals surface area contributed by atoms with Crippen LogP contribution >= 0.6 is 0 Å². The lowest BCUT2D eigenvalue weighted by atomic mass is 10.2. The lowest BCUT2D eigenvalue weighted by Gasteiger charge is -2.12. The van der Waals surface area contributed by atoms with Crippen LogP contribution in [-0.2, 0) is 12.8 Å². The Kier molecular flexibility index (Phi) is 6.53. The van der Waals surface area contributed by atoms with Crippen LogP contribution in [0.15, 0.2) is 48.5 Å². The maximum absolute atomic E-state index is 12.8. The summed E-state index contributed by atoms with van der Waals surface area (Å²) in [5, 5.41) is 13.7. The minimum Gasteiger partial charge on any atom is -0.487 e. The number of amides is 2. The zero-order chi connectivity index (χ0) is 24.3. The van der Waals surface area contributed by atoms with Gasteiger partial charge < -0.3 is 15.4 Å². The molecule has 34 heavy (non-hydrogen) atoms. The van der Waals surface area contributed by atoms with Crippen molar-refractivity contribution >= 4 is 11.8 Å². The van der Waals surface area contributed by atoms with Crippen molar-refractivity contribution in [1.82, 2.24) is 25.6 Å². The van der Waals surface area contributed by atoms with Crippen LogP contribution in [-0.4, -0.2) is 39.4 Å². The van der Waals surface area contributed by atoms with Crippen LogP contribution in [0.1, 0.15) is 51.9 Å². The summed E-state index contributed by atoms with van der Waals surface area (Å²) in [6.07, 6.45) is -2.67. The second-order valence-corrected chi connectivity index (χ2v) is 7.76. The zero-order valence-electron chi connectivity index (χ0n) is 18.2. The molecule has 2 N–H and O–H groups in total. The summed E-state index contributed by atoms with van der Waals surface area (Å²) in [6, 6.07) is 10.9. The lowest BCUT2D eigenvalue weighted by Crippen LogP contribution is -2.27. The molecular formula is C23H22F3N5O3. The molecule has 0 atom stereocenters. The SMILES string of the molecule is CCNC(=O)c1ccc(-n2nnc(C(=O)NC3CC3)c2COc2ccc(C(F)(F)F)cc2)cc1. The highest BCUT2D eigenvalue weighted by Gasteiger charge is 2.30. The first-order valence-corrected chi connectivity index (χ1v) is 10.7. The lowest BCUT2D eigenvalue weighted by molar-refractivity contribution is -0.137. The van der Waals surface area contributed by atoms with Crippen LogP contribution < -0.4 is 15.4 Å². The van der Waals surface area contributed by atoms with Gasteiger partial charge in [0, 0.05) is 18.2 Å². The second-order valence-electron chi connectivity index (χ2n) is 7.76. The molecule has 178 valence electrons. The van der Waals surface area contributed by atoms with E-state index in [1.54, 1.807) is 24.3 Å². The van der Waals surface area contributed by atoms with Gasteiger partial charge in [-0.05, 0) is 68.3 Å². The van der Waals surface area contributed by atoms with Crippen molar-refractivity contribution < 1.29 is 27.5 Å². The number of carbonyl (C=O) groups is 2. The molecule has 1 aliphatic rings. The Morgan fingerprint density at radius 2 is 1.74 bits per heavy atom. The van der Waals surface area contributed by atoms with Crippen molar-refractivity contribution in [2.24, 2.45) is 0 Å². The third-order valence-electron chi connectivity index (χ3n) is 5.16. The standard InChI is InChI=1S/C23H22F3N5O3/c1-2-27-21(32)14-3-9-17(10-4-14)31-19(20(29-30-31)22(33)28-16-7-8-16)13-34-18-11-5-15(6-12-18)23(24,25)26/h3-6,9-12,16H,2,7-8,13H2,1H3,(H,27,32)(H,28,33). The average Bonchev–Trinajstić information content (AvgIpc) is 3.52. The highest BCUT2D eigenvalue weighted by molar-refractivity contribution is 5.94. The summed E-state index contributed by atoms with van der Waals surface area (Å²) in [5.41, 5.74) is 0.593. The van der Waals surface area contributed by atoms with Crippen LogP contribution in [0.5, 0.6) is 5.75 Å². The van der Waals surface area contributed by atoms with Gasteiger partial charge in [0.25, 0.3) is 11.8 Å². The first kappa shape index (κ1) is 23.3. The van der Waals surface area contributed by atoms with Crippen molar-refractivity contribution in [3.05, 3.63) is 71.0 Å². The molecule has 11 heteroatoms. The molecule has 8 nitrogen and oxygen atoms in total. The van der Waals surface area contributed by atoms with Gasteiger partial charge in [-0.3, -0.25) is 9.59 Å². The maximum atomic E-state index is 12.8. The predicted molar refractivity (Wildman–Crippen MR) is 116 cm³/mol. The summed E-state index contributed by atoms with van der Waals surface area (Å²) in [6.45, 7) is 2.15. The Morgan fingerprint density at radius 3 is 2.32 bits per heavy atom. The highest BCUT2D eigenvalue weighted by Crippen LogP contribution is 2.30. The number of nitrogens with one attached hydrogen (secondary N) is 2. The third-order valence-corrected chi connectivity index (χ3v) is 5.16. The van der Waals surface area contributed by atoms with Crippen molar-refractivity contribution in [2.75, 3.05) is 6.54 Å².